The molecule has 10 nitrogen and oxygen atoms in total. The van der Waals surface area contributed by atoms with Crippen LogP contribution in [0.2, 0.25) is 0 Å². The maximum Gasteiger partial charge on any atom is 0.296 e. The maximum absolute atomic E-state index is 12.6. The van der Waals surface area contributed by atoms with Crippen molar-refractivity contribution in [2.45, 2.75) is 25.3 Å². The van der Waals surface area contributed by atoms with Crippen LogP contribution in [0, 0.1) is 11.3 Å². The van der Waals surface area contributed by atoms with E-state index >= 15 is 0 Å². The van der Waals surface area contributed by atoms with E-state index in [0.717, 1.165) is 25.2 Å². The Morgan fingerprint density at radius 2 is 2.06 bits per heavy atom. The van der Waals surface area contributed by atoms with Crippen LogP contribution in [0.3, 0.4) is 0 Å². The number of ether oxygens (including phenoxy) is 1. The van der Waals surface area contributed by atoms with E-state index in [9.17, 15) is 9.59 Å². The quantitative estimate of drug-likeness (QED) is 0.461. The molecule has 0 unspecified atom stereocenters. The Kier molecular flexibility index (Phi) is 7.10. The molecular weight excluding hydrogens is 422 g/mol. The monoisotopic (exact) mass is 449 g/mol. The van der Waals surface area contributed by atoms with Gasteiger partial charge in [0, 0.05) is 38.9 Å². The Labute approximate surface area is 192 Å². The molecule has 0 bridgehead atoms. The summed E-state index contributed by atoms with van der Waals surface area (Å²) >= 11 is 0. The van der Waals surface area contributed by atoms with Gasteiger partial charge in [-0.05, 0) is 25.0 Å². The van der Waals surface area contributed by atoms with Crippen molar-refractivity contribution in [2.24, 2.45) is 10.2 Å². The van der Waals surface area contributed by atoms with Gasteiger partial charge in [0.05, 0.1) is 48.7 Å². The second-order valence-corrected chi connectivity index (χ2v) is 8.21. The highest BCUT2D eigenvalue weighted by molar-refractivity contribution is 5.98. The van der Waals surface area contributed by atoms with E-state index < -0.39 is 5.91 Å². The minimum atomic E-state index is -0.403. The second kappa shape index (κ2) is 10.4. The lowest BCUT2D eigenvalue weighted by Gasteiger charge is -2.35. The number of aromatic nitrogens is 1. The van der Waals surface area contributed by atoms with Crippen LogP contribution in [0.1, 0.15) is 24.8 Å². The largest absolute Gasteiger partial charge is 0.379 e. The third-order valence-electron chi connectivity index (χ3n) is 6.19. The molecule has 1 aromatic rings. The van der Waals surface area contributed by atoms with E-state index in [4.69, 9.17) is 10.00 Å². The molecule has 0 spiro atoms. The molecule has 2 fully saturated rings. The van der Waals surface area contributed by atoms with E-state index in [0.29, 0.717) is 62.6 Å². The summed E-state index contributed by atoms with van der Waals surface area (Å²) in [5, 5.41) is 16.2. The van der Waals surface area contributed by atoms with Crippen molar-refractivity contribution in [1.29, 1.82) is 5.26 Å². The van der Waals surface area contributed by atoms with Crippen LogP contribution < -0.4 is 4.90 Å². The SMILES string of the molecule is C=C1C(=O)N=NC=C1N1CCC[C@H]1COCCC(=O)N1CCN(c2ccc(C#N)cn2)CC1. The standard InChI is InChI=1S/C23H27N7O3/c1-17-20(15-26-27-23(17)32)30-7-2-3-19(30)16-33-12-6-22(31)29-10-8-28(9-11-29)21-5-4-18(13-24)14-25-21/h4-5,14-15,19H,1-3,6-12,16H2/t19-/m0/s1. The third-order valence-corrected chi connectivity index (χ3v) is 6.19. The fourth-order valence-electron chi connectivity index (χ4n) is 4.32. The summed E-state index contributed by atoms with van der Waals surface area (Å²) < 4.78 is 5.84. The summed E-state index contributed by atoms with van der Waals surface area (Å²) in [5.74, 6) is 0.504. The van der Waals surface area contributed by atoms with Crippen LogP contribution in [0.4, 0.5) is 5.82 Å². The van der Waals surface area contributed by atoms with Gasteiger partial charge in [-0.1, -0.05) is 6.58 Å². The summed E-state index contributed by atoms with van der Waals surface area (Å²) in [6.45, 7) is 8.18. The number of rotatable bonds is 7. The van der Waals surface area contributed by atoms with E-state index in [2.05, 4.69) is 37.7 Å². The number of carbonyl (C=O) groups is 2. The summed E-state index contributed by atoms with van der Waals surface area (Å²) in [4.78, 5) is 34.8. The first-order chi connectivity index (χ1) is 16.1. The molecule has 0 N–H and O–H groups in total. The molecule has 4 rings (SSSR count). The Hall–Kier alpha value is -3.58. The maximum atomic E-state index is 12.6. The number of nitriles is 1. The lowest BCUT2D eigenvalue weighted by Crippen LogP contribution is -2.49. The zero-order chi connectivity index (χ0) is 23.2. The molecule has 10 heteroatoms. The summed E-state index contributed by atoms with van der Waals surface area (Å²) in [6, 6.07) is 5.80. The average Bonchev–Trinajstić information content (AvgIpc) is 3.32. The van der Waals surface area contributed by atoms with Crippen LogP contribution in [-0.4, -0.2) is 78.6 Å². The van der Waals surface area contributed by atoms with Gasteiger partial charge in [0.25, 0.3) is 5.91 Å². The third kappa shape index (κ3) is 5.26. The molecule has 3 aliphatic heterocycles. The van der Waals surface area contributed by atoms with Gasteiger partial charge < -0.3 is 19.4 Å². The van der Waals surface area contributed by atoms with Gasteiger partial charge in [0.2, 0.25) is 5.91 Å². The first-order valence-electron chi connectivity index (χ1n) is 11.1. The fraction of sp³-hybridized carbons (Fsp3) is 0.478. The molecule has 3 aliphatic rings. The van der Waals surface area contributed by atoms with Gasteiger partial charge in [0.15, 0.2) is 0 Å². The zero-order valence-electron chi connectivity index (χ0n) is 18.5. The van der Waals surface area contributed by atoms with Crippen molar-refractivity contribution < 1.29 is 14.3 Å². The molecule has 33 heavy (non-hydrogen) atoms. The number of nitrogens with zero attached hydrogens (tertiary/aromatic N) is 7. The van der Waals surface area contributed by atoms with Crippen molar-refractivity contribution in [3.8, 4) is 6.07 Å². The number of pyridine rings is 1. The summed E-state index contributed by atoms with van der Waals surface area (Å²) in [7, 11) is 0. The van der Waals surface area contributed by atoms with Crippen LogP contribution in [0.15, 0.2) is 52.6 Å². The average molecular weight is 450 g/mol. The highest BCUT2D eigenvalue weighted by Gasteiger charge is 2.31. The Morgan fingerprint density at radius 3 is 2.79 bits per heavy atom. The number of amides is 2. The molecule has 0 aliphatic carbocycles. The molecule has 2 saturated heterocycles. The lowest BCUT2D eigenvalue weighted by atomic mass is 10.1. The Morgan fingerprint density at radius 1 is 1.24 bits per heavy atom. The first-order valence-corrected chi connectivity index (χ1v) is 11.1. The van der Waals surface area contributed by atoms with Crippen molar-refractivity contribution in [3.63, 3.8) is 0 Å². The molecule has 172 valence electrons. The number of azo groups is 1. The van der Waals surface area contributed by atoms with Gasteiger partial charge in [-0.15, -0.1) is 5.11 Å². The Bertz CT molecular complexity index is 1000. The van der Waals surface area contributed by atoms with Gasteiger partial charge in [-0.25, -0.2) is 4.98 Å². The summed E-state index contributed by atoms with van der Waals surface area (Å²) in [5.41, 5.74) is 1.61. The van der Waals surface area contributed by atoms with E-state index in [1.54, 1.807) is 18.5 Å². The molecule has 1 atom stereocenters. The number of likely N-dealkylation sites (tertiary alicyclic amines) is 1. The van der Waals surface area contributed by atoms with E-state index in [1.165, 1.54) is 0 Å². The predicted molar refractivity (Wildman–Crippen MR) is 120 cm³/mol. The molecule has 0 saturated carbocycles. The highest BCUT2D eigenvalue weighted by atomic mass is 16.5. The minimum absolute atomic E-state index is 0.0834. The van der Waals surface area contributed by atoms with Crippen LogP contribution in [-0.2, 0) is 14.3 Å². The van der Waals surface area contributed by atoms with Crippen molar-refractivity contribution in [2.75, 3.05) is 50.8 Å². The zero-order valence-corrected chi connectivity index (χ0v) is 18.5. The Balaban J connectivity index is 1.18. The van der Waals surface area contributed by atoms with Crippen LogP contribution >= 0.6 is 0 Å². The van der Waals surface area contributed by atoms with Gasteiger partial charge in [0.1, 0.15) is 11.9 Å². The summed E-state index contributed by atoms with van der Waals surface area (Å²) in [6.07, 6.45) is 5.44. The van der Waals surface area contributed by atoms with Crippen molar-refractivity contribution >= 4 is 17.6 Å². The van der Waals surface area contributed by atoms with Gasteiger partial charge in [-0.2, -0.15) is 10.4 Å². The molecule has 1 aromatic heterocycles. The number of carbonyl (C=O) groups excluding carboxylic acids is 2. The van der Waals surface area contributed by atoms with Gasteiger partial charge >= 0.3 is 0 Å². The second-order valence-electron chi connectivity index (χ2n) is 8.21. The molecule has 0 radical (unpaired) electrons. The smallest absolute Gasteiger partial charge is 0.296 e. The molecule has 2 amide bonds. The van der Waals surface area contributed by atoms with E-state index in [1.807, 2.05) is 11.0 Å². The first kappa shape index (κ1) is 22.6. The minimum Gasteiger partial charge on any atom is -0.379 e. The highest BCUT2D eigenvalue weighted by Crippen LogP contribution is 2.28. The fourth-order valence-corrected chi connectivity index (χ4v) is 4.32. The number of piperazine rings is 1. The molecule has 0 aromatic carbocycles. The predicted octanol–water partition coefficient (Wildman–Crippen LogP) is 1.86. The number of hydrogen-bond acceptors (Lipinski definition) is 8. The normalized spacial score (nSPS) is 20.8. The lowest BCUT2D eigenvalue weighted by molar-refractivity contribution is -0.132. The van der Waals surface area contributed by atoms with Crippen molar-refractivity contribution in [3.05, 3.63) is 47.9 Å². The number of hydrogen-bond donors (Lipinski definition) is 0. The molecule has 4 heterocycles. The van der Waals surface area contributed by atoms with E-state index in [-0.39, 0.29) is 11.9 Å². The van der Waals surface area contributed by atoms with Crippen LogP contribution in [0.5, 0.6) is 0 Å². The number of anilines is 1. The van der Waals surface area contributed by atoms with Gasteiger partial charge in [-0.3, -0.25) is 9.59 Å². The van der Waals surface area contributed by atoms with Crippen molar-refractivity contribution in [1.82, 2.24) is 14.8 Å². The van der Waals surface area contributed by atoms with Crippen LogP contribution in [0.25, 0.3) is 0 Å². The topological polar surface area (TPSA) is 114 Å². The molecular formula is C23H27N7O3.